The van der Waals surface area contributed by atoms with Crippen LogP contribution in [-0.4, -0.2) is 25.5 Å². The molecule has 1 aromatic rings. The highest BCUT2D eigenvalue weighted by molar-refractivity contribution is 7.19. The van der Waals surface area contributed by atoms with Crippen LogP contribution >= 0.6 is 11.3 Å². The molecule has 0 saturated heterocycles. The fraction of sp³-hybridized carbons (Fsp3) is 0.643. The summed E-state index contributed by atoms with van der Waals surface area (Å²) >= 11 is 1.42. The number of nitrogens with zero attached hydrogens (tertiary/aromatic N) is 1. The minimum Gasteiger partial charge on any atom is -0.486 e. The van der Waals surface area contributed by atoms with Gasteiger partial charge in [0.05, 0.1) is 16.7 Å². The maximum absolute atomic E-state index is 11.6. The number of rotatable bonds is 7. The van der Waals surface area contributed by atoms with Gasteiger partial charge in [-0.05, 0) is 20.3 Å². The SMILES string of the molecule is CCCCN(C)c1sc(C(C)=O)c(N)c1OC(C)C. The Morgan fingerprint density at radius 2 is 2.11 bits per heavy atom. The second kappa shape index (κ2) is 6.80. The zero-order valence-corrected chi connectivity index (χ0v) is 13.3. The molecule has 0 bridgehead atoms. The Morgan fingerprint density at radius 3 is 2.58 bits per heavy atom. The third-order valence-electron chi connectivity index (χ3n) is 2.75. The lowest BCUT2D eigenvalue weighted by Gasteiger charge is -2.20. The van der Waals surface area contributed by atoms with Gasteiger partial charge in [-0.3, -0.25) is 4.79 Å². The highest BCUT2D eigenvalue weighted by Crippen LogP contribution is 2.45. The fourth-order valence-corrected chi connectivity index (χ4v) is 2.81. The summed E-state index contributed by atoms with van der Waals surface area (Å²) in [5, 5.41) is 0.949. The number of ketones is 1. The first kappa shape index (κ1) is 15.8. The Bertz CT molecular complexity index is 441. The summed E-state index contributed by atoms with van der Waals surface area (Å²) in [6.07, 6.45) is 2.27. The van der Waals surface area contributed by atoms with Crippen LogP contribution in [0.4, 0.5) is 10.7 Å². The van der Waals surface area contributed by atoms with E-state index in [1.165, 1.54) is 18.3 Å². The van der Waals surface area contributed by atoms with Gasteiger partial charge >= 0.3 is 0 Å². The van der Waals surface area contributed by atoms with Crippen molar-refractivity contribution in [1.29, 1.82) is 0 Å². The Morgan fingerprint density at radius 1 is 1.47 bits per heavy atom. The van der Waals surface area contributed by atoms with E-state index < -0.39 is 0 Å². The van der Waals surface area contributed by atoms with Gasteiger partial charge in [-0.1, -0.05) is 13.3 Å². The van der Waals surface area contributed by atoms with Gasteiger partial charge in [0.15, 0.2) is 11.5 Å². The van der Waals surface area contributed by atoms with Crippen LogP contribution < -0.4 is 15.4 Å². The third kappa shape index (κ3) is 3.86. The van der Waals surface area contributed by atoms with E-state index in [4.69, 9.17) is 10.5 Å². The van der Waals surface area contributed by atoms with E-state index in [1.807, 2.05) is 20.9 Å². The van der Waals surface area contributed by atoms with Gasteiger partial charge in [0.1, 0.15) is 5.00 Å². The largest absolute Gasteiger partial charge is 0.486 e. The van der Waals surface area contributed by atoms with Crippen LogP contribution in [0.25, 0.3) is 0 Å². The minimum absolute atomic E-state index is 0.00810. The number of Topliss-reactive ketones (excluding diaryl/α,β-unsaturated/α-hetero) is 1. The van der Waals surface area contributed by atoms with E-state index in [0.717, 1.165) is 24.4 Å². The first-order valence-electron chi connectivity index (χ1n) is 6.69. The number of anilines is 2. The summed E-state index contributed by atoms with van der Waals surface area (Å²) in [5.41, 5.74) is 6.53. The van der Waals surface area contributed by atoms with Gasteiger partial charge in [-0.15, -0.1) is 11.3 Å². The molecule has 19 heavy (non-hydrogen) atoms. The molecule has 0 fully saturated rings. The molecule has 0 amide bonds. The lowest BCUT2D eigenvalue weighted by atomic mass is 10.3. The van der Waals surface area contributed by atoms with E-state index in [9.17, 15) is 4.79 Å². The molecule has 0 saturated carbocycles. The van der Waals surface area contributed by atoms with Crippen molar-refractivity contribution in [2.24, 2.45) is 0 Å². The zero-order valence-electron chi connectivity index (χ0n) is 12.4. The third-order valence-corrected chi connectivity index (χ3v) is 4.15. The van der Waals surface area contributed by atoms with E-state index in [2.05, 4.69) is 11.8 Å². The van der Waals surface area contributed by atoms with Crippen molar-refractivity contribution in [2.75, 3.05) is 24.2 Å². The number of hydrogen-bond acceptors (Lipinski definition) is 5. The average Bonchev–Trinajstić information content (AvgIpc) is 2.64. The number of unbranched alkanes of at least 4 members (excludes halogenated alkanes) is 1. The van der Waals surface area contributed by atoms with Crippen molar-refractivity contribution in [3.63, 3.8) is 0 Å². The van der Waals surface area contributed by atoms with Gasteiger partial charge in [-0.2, -0.15) is 0 Å². The van der Waals surface area contributed by atoms with Gasteiger partial charge in [-0.25, -0.2) is 0 Å². The van der Waals surface area contributed by atoms with Crippen LogP contribution in [0.3, 0.4) is 0 Å². The first-order valence-corrected chi connectivity index (χ1v) is 7.51. The molecule has 0 spiro atoms. The molecule has 1 rings (SSSR count). The van der Waals surface area contributed by atoms with Crippen molar-refractivity contribution < 1.29 is 9.53 Å². The maximum atomic E-state index is 11.6. The van der Waals surface area contributed by atoms with Crippen LogP contribution in [0.5, 0.6) is 5.75 Å². The van der Waals surface area contributed by atoms with Crippen molar-refractivity contribution in [1.82, 2.24) is 0 Å². The molecule has 5 heteroatoms. The number of thiophene rings is 1. The molecule has 108 valence electrons. The Kier molecular flexibility index (Phi) is 5.66. The van der Waals surface area contributed by atoms with Crippen LogP contribution in [0.2, 0.25) is 0 Å². The van der Waals surface area contributed by atoms with Crippen molar-refractivity contribution >= 4 is 27.8 Å². The maximum Gasteiger partial charge on any atom is 0.177 e. The van der Waals surface area contributed by atoms with Gasteiger partial charge in [0.25, 0.3) is 0 Å². The molecule has 1 heterocycles. The standard InChI is InChI=1S/C14H24N2O2S/c1-6-7-8-16(5)14-12(18-9(2)3)11(15)13(19-14)10(4)17/h9H,6-8,15H2,1-5H3. The van der Waals surface area contributed by atoms with Crippen LogP contribution in [0.15, 0.2) is 0 Å². The normalized spacial score (nSPS) is 10.8. The summed E-state index contributed by atoms with van der Waals surface area (Å²) < 4.78 is 5.80. The Balaban J connectivity index is 3.12. The molecule has 0 aliphatic heterocycles. The van der Waals surface area contributed by atoms with E-state index in [1.54, 1.807) is 0 Å². The zero-order chi connectivity index (χ0) is 14.6. The summed E-state index contributed by atoms with van der Waals surface area (Å²) in [7, 11) is 2.01. The highest BCUT2D eigenvalue weighted by atomic mass is 32.1. The molecule has 0 atom stereocenters. The molecule has 0 aliphatic carbocycles. The van der Waals surface area contributed by atoms with Gasteiger partial charge < -0.3 is 15.4 Å². The Labute approximate surface area is 119 Å². The van der Waals surface area contributed by atoms with Crippen molar-refractivity contribution in [2.45, 2.75) is 46.6 Å². The lowest BCUT2D eigenvalue weighted by molar-refractivity contribution is 0.102. The number of ether oxygens (including phenoxy) is 1. The minimum atomic E-state index is -0.00810. The molecule has 0 radical (unpaired) electrons. The summed E-state index contributed by atoms with van der Waals surface area (Å²) in [5.74, 6) is 0.648. The van der Waals surface area contributed by atoms with Gasteiger partial charge in [0.2, 0.25) is 0 Å². The van der Waals surface area contributed by atoms with Crippen molar-refractivity contribution in [3.05, 3.63) is 4.88 Å². The fourth-order valence-electron chi connectivity index (χ4n) is 1.78. The first-order chi connectivity index (χ1) is 8.88. The summed E-state index contributed by atoms with van der Waals surface area (Å²) in [6, 6.07) is 0. The van der Waals surface area contributed by atoms with E-state index >= 15 is 0 Å². The number of nitrogen functional groups attached to an aromatic ring is 1. The number of nitrogens with two attached hydrogens (primary N) is 1. The van der Waals surface area contributed by atoms with Crippen LogP contribution in [-0.2, 0) is 0 Å². The smallest absolute Gasteiger partial charge is 0.177 e. The van der Waals surface area contributed by atoms with Crippen molar-refractivity contribution in [3.8, 4) is 5.75 Å². The second-order valence-electron chi connectivity index (χ2n) is 4.98. The molecular formula is C14H24N2O2S. The van der Waals surface area contributed by atoms with E-state index in [0.29, 0.717) is 16.3 Å². The predicted molar refractivity (Wildman–Crippen MR) is 82.7 cm³/mol. The van der Waals surface area contributed by atoms with Gasteiger partial charge in [0, 0.05) is 20.5 Å². The number of carbonyl (C=O) groups excluding carboxylic acids is 1. The summed E-state index contributed by atoms with van der Waals surface area (Å²) in [4.78, 5) is 14.3. The monoisotopic (exact) mass is 284 g/mol. The molecule has 0 unspecified atom stereocenters. The predicted octanol–water partition coefficient (Wildman–Crippen LogP) is 3.56. The molecule has 0 aliphatic rings. The molecular weight excluding hydrogens is 260 g/mol. The molecule has 2 N–H and O–H groups in total. The quantitative estimate of drug-likeness (QED) is 0.778. The van der Waals surface area contributed by atoms with E-state index in [-0.39, 0.29) is 11.9 Å². The number of hydrogen-bond donors (Lipinski definition) is 1. The topological polar surface area (TPSA) is 55.6 Å². The lowest BCUT2D eigenvalue weighted by Crippen LogP contribution is -2.19. The second-order valence-corrected chi connectivity index (χ2v) is 5.98. The molecule has 1 aromatic heterocycles. The van der Waals surface area contributed by atoms with Crippen LogP contribution in [0, 0.1) is 0 Å². The number of carbonyl (C=O) groups is 1. The Hall–Kier alpha value is -1.23. The summed E-state index contributed by atoms with van der Waals surface area (Å²) in [6.45, 7) is 8.54. The molecule has 4 nitrogen and oxygen atoms in total. The highest BCUT2D eigenvalue weighted by Gasteiger charge is 2.23. The van der Waals surface area contributed by atoms with Crippen LogP contribution in [0.1, 0.15) is 50.2 Å². The average molecular weight is 284 g/mol. The molecule has 0 aromatic carbocycles.